The summed E-state index contributed by atoms with van der Waals surface area (Å²) in [5, 5.41) is 0.529. The van der Waals surface area contributed by atoms with Crippen molar-refractivity contribution in [2.45, 2.75) is 6.92 Å². The number of alkyl halides is 1. The van der Waals surface area contributed by atoms with Crippen molar-refractivity contribution in [2.75, 3.05) is 16.4 Å². The third-order valence-electron chi connectivity index (χ3n) is 1.88. The van der Waals surface area contributed by atoms with Crippen molar-refractivity contribution in [3.63, 3.8) is 0 Å². The molecule has 0 radical (unpaired) electrons. The van der Waals surface area contributed by atoms with Gasteiger partial charge >= 0.3 is 0 Å². The van der Waals surface area contributed by atoms with Gasteiger partial charge in [-0.2, -0.15) is 0 Å². The summed E-state index contributed by atoms with van der Waals surface area (Å²) in [5.41, 5.74) is 1.20. The molecule has 84 valence electrons. The lowest BCUT2D eigenvalue weighted by Crippen LogP contribution is -2.18. The van der Waals surface area contributed by atoms with E-state index in [0.717, 1.165) is 0 Å². The fourth-order valence-electron chi connectivity index (χ4n) is 1.04. The molecule has 0 fully saturated rings. The first-order valence-electron chi connectivity index (χ1n) is 4.28. The van der Waals surface area contributed by atoms with Gasteiger partial charge in [0.05, 0.1) is 11.4 Å². The zero-order valence-electron chi connectivity index (χ0n) is 8.13. The van der Waals surface area contributed by atoms with Gasteiger partial charge in [0.15, 0.2) is 0 Å². The van der Waals surface area contributed by atoms with Crippen molar-refractivity contribution in [2.24, 2.45) is 0 Å². The fourth-order valence-corrected chi connectivity index (χ4v) is 2.68. The van der Waals surface area contributed by atoms with E-state index in [4.69, 9.17) is 23.2 Å². The second-order valence-electron chi connectivity index (χ2n) is 3.02. The van der Waals surface area contributed by atoms with Crippen molar-refractivity contribution in [3.05, 3.63) is 28.8 Å². The molecule has 0 heterocycles. The maximum Gasteiger partial charge on any atom is 0.233 e. The number of sulfonamides is 1. The second kappa shape index (κ2) is 5.05. The lowest BCUT2D eigenvalue weighted by Gasteiger charge is -2.10. The molecule has 0 aliphatic carbocycles. The summed E-state index contributed by atoms with van der Waals surface area (Å²) in [6, 6.07) is 5.05. The number of nitrogens with one attached hydrogen (secondary N) is 1. The Morgan fingerprint density at radius 1 is 1.40 bits per heavy atom. The molecule has 1 N–H and O–H groups in total. The number of halogens is 2. The lowest BCUT2D eigenvalue weighted by atomic mass is 10.2. The van der Waals surface area contributed by atoms with Gasteiger partial charge in [0, 0.05) is 10.9 Å². The molecule has 0 unspecified atom stereocenters. The van der Waals surface area contributed by atoms with Crippen LogP contribution in [0.25, 0.3) is 0 Å². The van der Waals surface area contributed by atoms with Crippen molar-refractivity contribution in [3.8, 4) is 0 Å². The Balaban J connectivity index is 2.95. The van der Waals surface area contributed by atoms with Gasteiger partial charge in [-0.1, -0.05) is 17.7 Å². The molecule has 0 bridgehead atoms. The van der Waals surface area contributed by atoms with Crippen LogP contribution in [-0.4, -0.2) is 20.1 Å². The average Bonchev–Trinajstić information content (AvgIpc) is 2.12. The summed E-state index contributed by atoms with van der Waals surface area (Å²) in [4.78, 5) is 0. The minimum absolute atomic E-state index is 0.0644. The predicted molar refractivity (Wildman–Crippen MR) is 64.3 cm³/mol. The highest BCUT2D eigenvalue weighted by Crippen LogP contribution is 2.23. The molecule has 0 spiro atoms. The molecule has 3 nitrogen and oxygen atoms in total. The average molecular weight is 268 g/mol. The zero-order valence-corrected chi connectivity index (χ0v) is 10.5. The predicted octanol–water partition coefficient (Wildman–Crippen LogP) is 2.63. The van der Waals surface area contributed by atoms with E-state index in [1.165, 1.54) is 0 Å². The molecular weight excluding hydrogens is 257 g/mol. The number of rotatable bonds is 4. The topological polar surface area (TPSA) is 46.2 Å². The monoisotopic (exact) mass is 267 g/mol. The van der Waals surface area contributed by atoms with Crippen LogP contribution in [-0.2, 0) is 10.0 Å². The van der Waals surface area contributed by atoms with Gasteiger partial charge in [-0.05, 0) is 24.6 Å². The summed E-state index contributed by atoms with van der Waals surface area (Å²) in [5.74, 6) is -0.0462. The molecule has 0 saturated heterocycles. The van der Waals surface area contributed by atoms with E-state index in [1.54, 1.807) is 25.1 Å². The van der Waals surface area contributed by atoms with E-state index in [0.29, 0.717) is 16.3 Å². The normalized spacial score (nSPS) is 11.4. The van der Waals surface area contributed by atoms with Gasteiger partial charge in [-0.3, -0.25) is 4.72 Å². The zero-order chi connectivity index (χ0) is 11.5. The van der Waals surface area contributed by atoms with Gasteiger partial charge in [0.1, 0.15) is 0 Å². The molecule has 0 atom stereocenters. The number of benzene rings is 1. The second-order valence-corrected chi connectivity index (χ2v) is 5.65. The van der Waals surface area contributed by atoms with Crippen molar-refractivity contribution in [1.29, 1.82) is 0 Å². The Bertz CT molecular complexity index is 445. The van der Waals surface area contributed by atoms with Crippen LogP contribution in [0.1, 0.15) is 5.56 Å². The van der Waals surface area contributed by atoms with Crippen molar-refractivity contribution >= 4 is 38.9 Å². The molecular formula is C9H11Cl2NO2S. The Labute approximate surface area is 99.4 Å². The number of anilines is 1. The maximum atomic E-state index is 11.4. The first-order chi connectivity index (χ1) is 6.96. The Kier molecular flexibility index (Phi) is 4.25. The molecule has 1 aromatic rings. The van der Waals surface area contributed by atoms with Crippen LogP contribution in [0.15, 0.2) is 18.2 Å². The molecule has 0 saturated carbocycles. The molecule has 1 rings (SSSR count). The number of hydrogen-bond donors (Lipinski definition) is 1. The largest absolute Gasteiger partial charge is 0.283 e. The standard InChI is InChI=1S/C9H11Cl2NO2S/c1-7-8(11)3-2-4-9(7)12-15(13,14)6-5-10/h2-4,12H,5-6H2,1H3. The summed E-state index contributed by atoms with van der Waals surface area (Å²) in [6.45, 7) is 1.75. The Hall–Kier alpha value is -0.450. The SMILES string of the molecule is Cc1c(Cl)cccc1NS(=O)(=O)CCCl. The van der Waals surface area contributed by atoms with E-state index >= 15 is 0 Å². The molecule has 0 aliphatic rings. The van der Waals surface area contributed by atoms with Crippen LogP contribution in [0, 0.1) is 6.92 Å². The first kappa shape index (κ1) is 12.6. The molecule has 15 heavy (non-hydrogen) atoms. The van der Waals surface area contributed by atoms with Crippen molar-refractivity contribution in [1.82, 2.24) is 0 Å². The van der Waals surface area contributed by atoms with Crippen LogP contribution >= 0.6 is 23.2 Å². The molecule has 0 aliphatic heterocycles. The molecule has 0 amide bonds. The maximum absolute atomic E-state index is 11.4. The van der Waals surface area contributed by atoms with E-state index in [9.17, 15) is 8.42 Å². The minimum atomic E-state index is -3.36. The molecule has 0 aromatic heterocycles. The fraction of sp³-hybridized carbons (Fsp3) is 0.333. The molecule has 1 aromatic carbocycles. The minimum Gasteiger partial charge on any atom is -0.283 e. The first-order valence-corrected chi connectivity index (χ1v) is 6.84. The van der Waals surface area contributed by atoms with E-state index in [2.05, 4.69) is 4.72 Å². The van der Waals surface area contributed by atoms with Crippen LogP contribution in [0.4, 0.5) is 5.69 Å². The highest BCUT2D eigenvalue weighted by atomic mass is 35.5. The van der Waals surface area contributed by atoms with Gasteiger partial charge in [-0.15, -0.1) is 11.6 Å². The van der Waals surface area contributed by atoms with Gasteiger partial charge in [0.2, 0.25) is 10.0 Å². The van der Waals surface area contributed by atoms with Gasteiger partial charge in [-0.25, -0.2) is 8.42 Å². The lowest BCUT2D eigenvalue weighted by molar-refractivity contribution is 0.602. The van der Waals surface area contributed by atoms with Crippen LogP contribution < -0.4 is 4.72 Å². The summed E-state index contributed by atoms with van der Waals surface area (Å²) in [7, 11) is -3.36. The van der Waals surface area contributed by atoms with E-state index in [1.807, 2.05) is 0 Å². The quantitative estimate of drug-likeness (QED) is 0.853. The van der Waals surface area contributed by atoms with Crippen LogP contribution in [0.3, 0.4) is 0 Å². The Morgan fingerprint density at radius 2 is 2.07 bits per heavy atom. The van der Waals surface area contributed by atoms with Gasteiger partial charge < -0.3 is 0 Å². The summed E-state index contributed by atoms with van der Waals surface area (Å²) in [6.07, 6.45) is 0. The summed E-state index contributed by atoms with van der Waals surface area (Å²) >= 11 is 11.2. The van der Waals surface area contributed by atoms with E-state index < -0.39 is 10.0 Å². The number of hydrogen-bond acceptors (Lipinski definition) is 2. The van der Waals surface area contributed by atoms with Crippen LogP contribution in [0.2, 0.25) is 5.02 Å². The van der Waals surface area contributed by atoms with Crippen LogP contribution in [0.5, 0.6) is 0 Å². The highest BCUT2D eigenvalue weighted by molar-refractivity contribution is 7.92. The third kappa shape index (κ3) is 3.55. The third-order valence-corrected chi connectivity index (χ3v) is 3.97. The Morgan fingerprint density at radius 3 is 2.67 bits per heavy atom. The van der Waals surface area contributed by atoms with E-state index in [-0.39, 0.29) is 11.6 Å². The smallest absolute Gasteiger partial charge is 0.233 e. The molecule has 6 heteroatoms. The van der Waals surface area contributed by atoms with Crippen molar-refractivity contribution < 1.29 is 8.42 Å². The highest BCUT2D eigenvalue weighted by Gasteiger charge is 2.11. The summed E-state index contributed by atoms with van der Waals surface area (Å²) < 4.78 is 25.3. The van der Waals surface area contributed by atoms with Gasteiger partial charge in [0.25, 0.3) is 0 Å².